The highest BCUT2D eigenvalue weighted by molar-refractivity contribution is 7.71. The van der Waals surface area contributed by atoms with Crippen molar-refractivity contribution in [2.75, 3.05) is 0 Å². The summed E-state index contributed by atoms with van der Waals surface area (Å²) >= 11 is 5.35. The quantitative estimate of drug-likeness (QED) is 0.258. The van der Waals surface area contributed by atoms with E-state index < -0.39 is 43.0 Å². The van der Waals surface area contributed by atoms with Crippen molar-refractivity contribution in [2.24, 2.45) is 0 Å². The maximum Gasteiger partial charge on any atom is 0.359 e. The molecular weight excluding hydrogens is 485 g/mol. The van der Waals surface area contributed by atoms with Crippen molar-refractivity contribution in [1.82, 2.24) is 14.4 Å². The summed E-state index contributed by atoms with van der Waals surface area (Å²) in [5, 5.41) is 29.9. The van der Waals surface area contributed by atoms with E-state index in [1.807, 2.05) is 0 Å². The van der Waals surface area contributed by atoms with Gasteiger partial charge in [0.1, 0.15) is 23.0 Å². The maximum atomic E-state index is 12.8. The molecule has 13 heteroatoms. The van der Waals surface area contributed by atoms with Gasteiger partial charge >= 0.3 is 7.60 Å². The van der Waals surface area contributed by atoms with Crippen molar-refractivity contribution in [1.29, 1.82) is 0 Å². The lowest BCUT2D eigenvalue weighted by Crippen LogP contribution is -2.40. The molecule has 3 heterocycles. The van der Waals surface area contributed by atoms with Crippen LogP contribution in [-0.2, 0) is 13.8 Å². The number of aliphatic hydroxyl groups excluding tert-OH is 2. The number of aromatic nitrogens is 3. The second-order valence-electron chi connectivity index (χ2n) is 9.24. The summed E-state index contributed by atoms with van der Waals surface area (Å²) in [5.41, 5.74) is -0.646. The summed E-state index contributed by atoms with van der Waals surface area (Å²) in [7, 11) is -4.45. The molecule has 7 atom stereocenters. The lowest BCUT2D eigenvalue weighted by atomic mass is 9.92. The monoisotopic (exact) mass is 517 g/mol. The standard InChI is InChI=1S/C21H32N3O8PS/c1-6-20(4,32-33(29,30)21(5,28)7-2)9-13-15(26)16(27)17(31-13)12-10-24-11(3)8-14(25)22-19(24)23-18(12)34/h8,10,13,15-17,26-28H,6-7,9H2,1-5H3,(H,29,30)(H,22,23,25,34)/t13-,15?,16+,17+,20?,21?/m1/s1. The van der Waals surface area contributed by atoms with E-state index in [2.05, 4.69) is 9.97 Å². The van der Waals surface area contributed by atoms with Crippen LogP contribution in [0.25, 0.3) is 5.78 Å². The first-order valence-corrected chi connectivity index (χ1v) is 13.0. The van der Waals surface area contributed by atoms with Crippen molar-refractivity contribution in [3.63, 3.8) is 0 Å². The van der Waals surface area contributed by atoms with E-state index in [1.165, 1.54) is 13.0 Å². The summed E-state index contributed by atoms with van der Waals surface area (Å²) in [6.07, 6.45) is -2.83. The number of fused-ring (bicyclic) bond motifs is 1. The van der Waals surface area contributed by atoms with Gasteiger partial charge in [0.15, 0.2) is 5.34 Å². The van der Waals surface area contributed by atoms with Gasteiger partial charge < -0.3 is 29.5 Å². The zero-order valence-corrected chi connectivity index (χ0v) is 21.5. The van der Waals surface area contributed by atoms with Gasteiger partial charge in [0, 0.05) is 29.9 Å². The fourth-order valence-electron chi connectivity index (χ4n) is 3.87. The Labute approximate surface area is 201 Å². The van der Waals surface area contributed by atoms with E-state index in [1.54, 1.807) is 38.3 Å². The van der Waals surface area contributed by atoms with Crippen molar-refractivity contribution in [3.8, 4) is 0 Å². The van der Waals surface area contributed by atoms with E-state index in [9.17, 15) is 29.6 Å². The molecule has 1 saturated heterocycles. The van der Waals surface area contributed by atoms with Gasteiger partial charge in [-0.05, 0) is 33.6 Å². The molecule has 0 saturated carbocycles. The number of aliphatic hydroxyl groups is 3. The van der Waals surface area contributed by atoms with Crippen LogP contribution in [0.1, 0.15) is 64.3 Å². The Morgan fingerprint density at radius 2 is 1.94 bits per heavy atom. The molecule has 4 unspecified atom stereocenters. The number of aromatic amines is 1. The van der Waals surface area contributed by atoms with E-state index in [-0.39, 0.29) is 35.2 Å². The molecule has 3 rings (SSSR count). The SMILES string of the molecule is CCC(C)(C[C@H]1O[C@@H](c2cn3c(C)cc(=O)[nH]c3nc2=S)[C@@H](O)C1O)OP(=O)(O)C(C)(O)CC. The van der Waals surface area contributed by atoms with E-state index >= 15 is 0 Å². The summed E-state index contributed by atoms with van der Waals surface area (Å²) in [6.45, 7) is 7.84. The first kappa shape index (κ1) is 27.1. The van der Waals surface area contributed by atoms with Crippen LogP contribution in [0.3, 0.4) is 0 Å². The number of nitrogens with zero attached hydrogens (tertiary/aromatic N) is 2. The Bertz CT molecular complexity index is 1230. The normalized spacial score (nSPS) is 28.4. The van der Waals surface area contributed by atoms with Gasteiger partial charge in [-0.15, -0.1) is 0 Å². The highest BCUT2D eigenvalue weighted by Gasteiger charge is 2.50. The van der Waals surface area contributed by atoms with Crippen molar-refractivity contribution >= 4 is 25.6 Å². The molecule has 0 amide bonds. The van der Waals surface area contributed by atoms with Crippen LogP contribution in [0.4, 0.5) is 0 Å². The molecule has 0 aromatic carbocycles. The zero-order chi connectivity index (χ0) is 25.6. The van der Waals surface area contributed by atoms with Crippen molar-refractivity contribution in [2.45, 2.75) is 89.2 Å². The molecule has 5 N–H and O–H groups in total. The molecular formula is C21H32N3O8PS. The van der Waals surface area contributed by atoms with Crippen LogP contribution < -0.4 is 5.56 Å². The average molecular weight is 518 g/mol. The first-order chi connectivity index (χ1) is 15.6. The van der Waals surface area contributed by atoms with Crippen molar-refractivity contribution in [3.05, 3.63) is 38.5 Å². The predicted octanol–water partition coefficient (Wildman–Crippen LogP) is 2.10. The molecule has 2 aromatic heterocycles. The largest absolute Gasteiger partial charge is 0.388 e. The predicted molar refractivity (Wildman–Crippen MR) is 126 cm³/mol. The minimum absolute atomic E-state index is 0.00281. The number of H-pyrrole nitrogens is 1. The van der Waals surface area contributed by atoms with Crippen LogP contribution >= 0.6 is 19.8 Å². The van der Waals surface area contributed by atoms with Crippen LogP contribution in [0.5, 0.6) is 0 Å². The Hall–Kier alpha value is -1.50. The van der Waals surface area contributed by atoms with Crippen molar-refractivity contribution < 1.29 is 34.0 Å². The third kappa shape index (κ3) is 5.05. The van der Waals surface area contributed by atoms with Crippen LogP contribution in [0, 0.1) is 11.6 Å². The summed E-state index contributed by atoms with van der Waals surface area (Å²) in [4.78, 5) is 28.9. The average Bonchev–Trinajstić information content (AvgIpc) is 3.00. The van der Waals surface area contributed by atoms with Gasteiger partial charge in [0.25, 0.3) is 5.56 Å². The topological polar surface area (TPSA) is 167 Å². The zero-order valence-electron chi connectivity index (χ0n) is 19.8. The molecule has 0 radical (unpaired) electrons. The second-order valence-corrected chi connectivity index (χ2v) is 11.8. The maximum absolute atomic E-state index is 12.8. The number of nitrogens with one attached hydrogen (secondary N) is 1. The van der Waals surface area contributed by atoms with Crippen LogP contribution in [-0.4, -0.2) is 63.8 Å². The van der Waals surface area contributed by atoms with Crippen LogP contribution in [0.2, 0.25) is 0 Å². The number of ether oxygens (including phenoxy) is 1. The van der Waals surface area contributed by atoms with Gasteiger partial charge in [-0.25, -0.2) is 4.98 Å². The van der Waals surface area contributed by atoms with Gasteiger partial charge in [0.2, 0.25) is 5.78 Å². The van der Waals surface area contributed by atoms with Gasteiger partial charge in [-0.1, -0.05) is 26.1 Å². The highest BCUT2D eigenvalue weighted by atomic mass is 32.1. The molecule has 0 spiro atoms. The lowest BCUT2D eigenvalue weighted by Gasteiger charge is -2.37. The molecule has 11 nitrogen and oxygen atoms in total. The smallest absolute Gasteiger partial charge is 0.359 e. The Morgan fingerprint density at radius 1 is 1.29 bits per heavy atom. The lowest BCUT2D eigenvalue weighted by molar-refractivity contribution is -0.0532. The summed E-state index contributed by atoms with van der Waals surface area (Å²) in [6, 6.07) is 1.38. The molecule has 1 fully saturated rings. The molecule has 2 aromatic rings. The Balaban J connectivity index is 1.90. The fourth-order valence-corrected chi connectivity index (χ4v) is 5.52. The highest BCUT2D eigenvalue weighted by Crippen LogP contribution is 2.59. The number of hydrogen-bond acceptors (Lipinski definition) is 9. The molecule has 34 heavy (non-hydrogen) atoms. The van der Waals surface area contributed by atoms with Gasteiger partial charge in [0.05, 0.1) is 11.7 Å². The Kier molecular flexibility index (Phi) is 7.58. The molecule has 190 valence electrons. The molecule has 1 aliphatic rings. The second kappa shape index (κ2) is 9.51. The third-order valence-corrected chi connectivity index (χ3v) is 9.13. The van der Waals surface area contributed by atoms with Crippen LogP contribution in [0.15, 0.2) is 17.1 Å². The first-order valence-electron chi connectivity index (χ1n) is 11.1. The summed E-state index contributed by atoms with van der Waals surface area (Å²) in [5.74, 6) is 0.233. The minimum Gasteiger partial charge on any atom is -0.388 e. The number of aryl methyl sites for hydroxylation is 1. The third-order valence-electron chi connectivity index (χ3n) is 6.58. The number of rotatable bonds is 8. The van der Waals surface area contributed by atoms with E-state index in [4.69, 9.17) is 21.5 Å². The fraction of sp³-hybridized carbons (Fsp3) is 0.667. The summed E-state index contributed by atoms with van der Waals surface area (Å²) < 4.78 is 26.0. The van der Waals surface area contributed by atoms with Gasteiger partial charge in [-0.3, -0.25) is 18.7 Å². The minimum atomic E-state index is -4.45. The Morgan fingerprint density at radius 3 is 2.53 bits per heavy atom. The van der Waals surface area contributed by atoms with E-state index in [0.29, 0.717) is 11.3 Å². The number of hydrogen-bond donors (Lipinski definition) is 5. The van der Waals surface area contributed by atoms with E-state index in [0.717, 1.165) is 0 Å². The molecule has 0 bridgehead atoms. The molecule has 0 aliphatic carbocycles. The van der Waals surface area contributed by atoms with Gasteiger partial charge in [-0.2, -0.15) is 0 Å². The molecule has 1 aliphatic heterocycles.